The van der Waals surface area contributed by atoms with Gasteiger partial charge in [-0.15, -0.1) is 11.3 Å². The summed E-state index contributed by atoms with van der Waals surface area (Å²) in [6, 6.07) is 15.9. The summed E-state index contributed by atoms with van der Waals surface area (Å²) in [4.78, 5) is 26.9. The largest absolute Gasteiger partial charge is 0.477 e. The molecule has 2 heterocycles. The van der Waals surface area contributed by atoms with Crippen LogP contribution < -0.4 is 10.2 Å². The van der Waals surface area contributed by atoms with E-state index in [1.54, 1.807) is 27.0 Å². The Morgan fingerprint density at radius 3 is 2.49 bits per heavy atom. The van der Waals surface area contributed by atoms with E-state index in [9.17, 15) is 28.4 Å². The Morgan fingerprint density at radius 2 is 1.84 bits per heavy atom. The van der Waals surface area contributed by atoms with E-state index in [1.165, 1.54) is 16.4 Å². The number of thiophene rings is 1. The highest BCUT2D eigenvalue weighted by Gasteiger charge is 2.41. The number of carboxylic acids is 1. The SMILES string of the molecule is CN1[C@H](C2CCCCC2)CN(c2ccccc2)c2cc(Cl)c(-c3cc(NC(=O)OCC(C)(C)C#N)c(C(=O)O)s3)cc2S1(=O)=O. The Morgan fingerprint density at radius 1 is 1.16 bits per heavy atom. The van der Waals surface area contributed by atoms with E-state index < -0.39 is 27.5 Å². The molecule has 0 spiro atoms. The summed E-state index contributed by atoms with van der Waals surface area (Å²) in [5.74, 6) is -1.08. The monoisotopic (exact) mass is 670 g/mol. The molecule has 0 unspecified atom stereocenters. The van der Waals surface area contributed by atoms with E-state index in [1.807, 2.05) is 41.3 Å². The first-order valence-corrected chi connectivity index (χ1v) is 17.3. The summed E-state index contributed by atoms with van der Waals surface area (Å²) in [5, 5.41) is 21.8. The standard InChI is InChI=1S/C32H35ClN4O6S2/c1-32(2,18-34)19-43-31(40)35-24-16-27(44-29(24)30(38)39)22-14-28-25(15-23(22)33)37(21-12-8-5-9-13-21)17-26(36(3)45(28,41)42)20-10-6-4-7-11-20/h5,8-9,12-16,20,26H,4,6-7,10-11,17,19H2,1-3H3,(H,35,40)(H,38,39)/t26-/m0/s1. The Hall–Kier alpha value is -3.63. The van der Waals surface area contributed by atoms with Crippen LogP contribution in [0.25, 0.3) is 10.4 Å². The minimum absolute atomic E-state index is 0.0310. The van der Waals surface area contributed by atoms with Crippen LogP contribution in [0, 0.1) is 22.7 Å². The maximum atomic E-state index is 14.3. The molecule has 10 nitrogen and oxygen atoms in total. The first kappa shape index (κ1) is 32.8. The number of aromatic carboxylic acids is 1. The van der Waals surface area contributed by atoms with Crippen LogP contribution in [0.15, 0.2) is 53.4 Å². The van der Waals surface area contributed by atoms with E-state index in [4.69, 9.17) is 16.3 Å². The molecule has 1 fully saturated rings. The van der Waals surface area contributed by atoms with E-state index >= 15 is 0 Å². The number of carbonyl (C=O) groups is 2. The number of halogens is 1. The number of benzene rings is 2. The van der Waals surface area contributed by atoms with Crippen molar-refractivity contribution in [2.75, 3.05) is 30.4 Å². The third-order valence-corrected chi connectivity index (χ3v) is 11.8. The van der Waals surface area contributed by atoms with Crippen LogP contribution in [0.2, 0.25) is 5.02 Å². The predicted molar refractivity (Wildman–Crippen MR) is 175 cm³/mol. The van der Waals surface area contributed by atoms with Gasteiger partial charge in [0.2, 0.25) is 10.0 Å². The number of likely N-dealkylation sites (N-methyl/N-ethyl adjacent to an activating group) is 1. The second-order valence-corrected chi connectivity index (χ2v) is 15.5. The van der Waals surface area contributed by atoms with Gasteiger partial charge in [-0.25, -0.2) is 18.0 Å². The molecule has 1 atom stereocenters. The lowest BCUT2D eigenvalue weighted by molar-refractivity contribution is 0.0703. The van der Waals surface area contributed by atoms with Crippen LogP contribution in [0.5, 0.6) is 0 Å². The van der Waals surface area contributed by atoms with Crippen LogP contribution in [0.1, 0.15) is 55.6 Å². The molecule has 0 radical (unpaired) electrons. The summed E-state index contributed by atoms with van der Waals surface area (Å²) in [7, 11) is -2.37. The lowest BCUT2D eigenvalue weighted by Crippen LogP contribution is -2.46. The topological polar surface area (TPSA) is 140 Å². The summed E-state index contributed by atoms with van der Waals surface area (Å²) in [5.41, 5.74) is 0.636. The van der Waals surface area contributed by atoms with Crippen molar-refractivity contribution in [3.8, 4) is 16.5 Å². The lowest BCUT2D eigenvalue weighted by atomic mass is 9.83. The highest BCUT2D eigenvalue weighted by atomic mass is 35.5. The number of ether oxygens (including phenoxy) is 1. The normalized spacial score (nSPS) is 18.8. The van der Waals surface area contributed by atoms with E-state index in [2.05, 4.69) is 5.32 Å². The number of nitriles is 1. The van der Waals surface area contributed by atoms with Gasteiger partial charge in [-0.1, -0.05) is 49.1 Å². The zero-order valence-corrected chi connectivity index (χ0v) is 27.6. The average molecular weight is 671 g/mol. The number of hydrogen-bond acceptors (Lipinski definition) is 8. The second-order valence-electron chi connectivity index (χ2n) is 12.1. The summed E-state index contributed by atoms with van der Waals surface area (Å²) in [6.45, 7) is 3.46. The number of carboxylic acid groups (broad SMARTS) is 1. The number of para-hydroxylation sites is 1. The van der Waals surface area contributed by atoms with E-state index in [0.29, 0.717) is 22.7 Å². The van der Waals surface area contributed by atoms with E-state index in [0.717, 1.165) is 49.1 Å². The van der Waals surface area contributed by atoms with Crippen LogP contribution in [-0.2, 0) is 14.8 Å². The van der Waals surface area contributed by atoms with Crippen LogP contribution >= 0.6 is 22.9 Å². The molecule has 3 aromatic rings. The van der Waals surface area contributed by atoms with Gasteiger partial charge in [0.1, 0.15) is 16.4 Å². The van der Waals surface area contributed by atoms with Crippen molar-refractivity contribution < 1.29 is 27.9 Å². The fourth-order valence-electron chi connectivity index (χ4n) is 5.90. The highest BCUT2D eigenvalue weighted by Crippen LogP contribution is 2.46. The molecule has 1 saturated carbocycles. The van der Waals surface area contributed by atoms with Crippen LogP contribution in [0.4, 0.5) is 21.9 Å². The van der Waals surface area contributed by atoms with Crippen molar-refractivity contribution >= 4 is 62.1 Å². The lowest BCUT2D eigenvalue weighted by Gasteiger charge is -2.36. The molecule has 238 valence electrons. The number of rotatable bonds is 7. The third-order valence-electron chi connectivity index (χ3n) is 8.39. The fourth-order valence-corrected chi connectivity index (χ4v) is 8.80. The van der Waals surface area contributed by atoms with Gasteiger partial charge in [0.05, 0.1) is 27.9 Å². The van der Waals surface area contributed by atoms with Crippen LogP contribution in [0.3, 0.4) is 0 Å². The van der Waals surface area contributed by atoms with Gasteiger partial charge < -0.3 is 14.7 Å². The number of nitrogens with one attached hydrogen (secondary N) is 1. The van der Waals surface area contributed by atoms with Gasteiger partial charge in [0.15, 0.2) is 0 Å². The van der Waals surface area contributed by atoms with Gasteiger partial charge >= 0.3 is 12.1 Å². The number of fused-ring (bicyclic) bond motifs is 1. The molecular weight excluding hydrogens is 636 g/mol. The molecule has 1 aromatic heterocycles. The zero-order chi connectivity index (χ0) is 32.5. The van der Waals surface area contributed by atoms with Crippen molar-refractivity contribution in [3.05, 3.63) is 58.4 Å². The maximum absolute atomic E-state index is 14.3. The van der Waals surface area contributed by atoms with Crippen molar-refractivity contribution in [1.82, 2.24) is 4.31 Å². The second kappa shape index (κ2) is 13.0. The number of sulfonamides is 1. The summed E-state index contributed by atoms with van der Waals surface area (Å²) in [6.07, 6.45) is 4.26. The molecule has 0 bridgehead atoms. The first-order chi connectivity index (χ1) is 21.3. The molecule has 45 heavy (non-hydrogen) atoms. The third kappa shape index (κ3) is 6.82. The molecule has 0 saturated heterocycles. The molecule has 2 aliphatic rings. The number of carbonyl (C=O) groups excluding carboxylic acids is 1. The highest BCUT2D eigenvalue weighted by molar-refractivity contribution is 7.89. The fraction of sp³-hybridized carbons (Fsp3) is 0.406. The molecule has 2 N–H and O–H groups in total. The Balaban J connectivity index is 1.58. The number of amides is 1. The minimum Gasteiger partial charge on any atom is -0.477 e. The van der Waals surface area contributed by atoms with Gasteiger partial charge in [-0.3, -0.25) is 5.32 Å². The summed E-state index contributed by atoms with van der Waals surface area (Å²) < 4.78 is 35.3. The van der Waals surface area contributed by atoms with Gasteiger partial charge in [0, 0.05) is 35.8 Å². The Labute approximate surface area is 272 Å². The maximum Gasteiger partial charge on any atom is 0.411 e. The smallest absolute Gasteiger partial charge is 0.411 e. The average Bonchev–Trinajstić information content (AvgIpc) is 3.41. The molecule has 1 amide bonds. The van der Waals surface area contributed by atoms with Crippen molar-refractivity contribution in [1.29, 1.82) is 5.26 Å². The predicted octanol–water partition coefficient (Wildman–Crippen LogP) is 7.59. The van der Waals surface area contributed by atoms with E-state index in [-0.39, 0.29) is 39.0 Å². The molecular formula is C32H35ClN4O6S2. The number of hydrogen-bond donors (Lipinski definition) is 2. The Kier molecular flexibility index (Phi) is 9.46. The molecule has 5 rings (SSSR count). The van der Waals surface area contributed by atoms with Crippen LogP contribution in [-0.4, -0.2) is 56.1 Å². The van der Waals surface area contributed by atoms with Crippen molar-refractivity contribution in [3.63, 3.8) is 0 Å². The first-order valence-electron chi connectivity index (χ1n) is 14.7. The quantitative estimate of drug-likeness (QED) is 0.262. The van der Waals surface area contributed by atoms with Gasteiger partial charge in [-0.05, 0) is 62.9 Å². The minimum atomic E-state index is -4.00. The van der Waals surface area contributed by atoms with Gasteiger partial charge in [0.25, 0.3) is 0 Å². The van der Waals surface area contributed by atoms with Gasteiger partial charge in [-0.2, -0.15) is 9.57 Å². The molecule has 1 aliphatic carbocycles. The number of anilines is 3. The van der Waals surface area contributed by atoms with Crippen molar-refractivity contribution in [2.24, 2.45) is 11.3 Å². The number of nitrogens with zero attached hydrogens (tertiary/aromatic N) is 3. The molecule has 13 heteroatoms. The zero-order valence-electron chi connectivity index (χ0n) is 25.2. The Bertz CT molecular complexity index is 1750. The molecule has 1 aliphatic heterocycles. The van der Waals surface area contributed by atoms with Crippen molar-refractivity contribution in [2.45, 2.75) is 56.9 Å². The molecule has 2 aromatic carbocycles. The summed E-state index contributed by atoms with van der Waals surface area (Å²) >= 11 is 7.71.